The van der Waals surface area contributed by atoms with Gasteiger partial charge >= 0.3 is 0 Å². The van der Waals surface area contributed by atoms with Crippen LogP contribution in [0.4, 0.5) is 0 Å². The van der Waals surface area contributed by atoms with Gasteiger partial charge in [-0.15, -0.1) is 12.4 Å². The van der Waals surface area contributed by atoms with Crippen molar-refractivity contribution in [2.24, 2.45) is 0 Å². The summed E-state index contributed by atoms with van der Waals surface area (Å²) in [5.74, 6) is 0. The van der Waals surface area contributed by atoms with Crippen molar-refractivity contribution in [2.45, 2.75) is 38.8 Å². The minimum absolute atomic E-state index is 0. The highest BCUT2D eigenvalue weighted by Crippen LogP contribution is 2.15. The average Bonchev–Trinajstić information content (AvgIpc) is 2.53. The second-order valence-corrected chi connectivity index (χ2v) is 4.31. The zero-order valence-corrected chi connectivity index (χ0v) is 11.0. The Morgan fingerprint density at radius 1 is 1.47 bits per heavy atom. The predicted octanol–water partition coefficient (Wildman–Crippen LogP) is 1.52. The number of halogens is 1. The van der Waals surface area contributed by atoms with Gasteiger partial charge in [0.15, 0.2) is 0 Å². The molecule has 0 aromatic carbocycles. The Hall–Kier alpha value is 0.170. The van der Waals surface area contributed by atoms with Crippen molar-refractivity contribution in [1.82, 2.24) is 10.2 Å². The monoisotopic (exact) mass is 236 g/mol. The standard InChI is InChI=1S/C11H24N2O.ClH/c1-10(2)14-8-7-13-6-4-5-11(13)9-12-3;/h10-12H,4-9H2,1-3H3;1H. The van der Waals surface area contributed by atoms with E-state index in [1.807, 2.05) is 7.05 Å². The summed E-state index contributed by atoms with van der Waals surface area (Å²) in [4.78, 5) is 2.54. The van der Waals surface area contributed by atoms with E-state index in [-0.39, 0.29) is 12.4 Å². The van der Waals surface area contributed by atoms with E-state index in [0.717, 1.165) is 25.7 Å². The highest BCUT2D eigenvalue weighted by molar-refractivity contribution is 5.85. The highest BCUT2D eigenvalue weighted by atomic mass is 35.5. The van der Waals surface area contributed by atoms with Crippen LogP contribution in [-0.4, -0.2) is 50.3 Å². The molecule has 0 aromatic heterocycles. The first-order valence-electron chi connectivity index (χ1n) is 5.74. The third-order valence-corrected chi connectivity index (χ3v) is 2.77. The van der Waals surface area contributed by atoms with E-state index in [1.165, 1.54) is 19.4 Å². The maximum absolute atomic E-state index is 5.57. The third kappa shape index (κ3) is 5.71. The maximum atomic E-state index is 5.57. The molecule has 1 rings (SSSR count). The van der Waals surface area contributed by atoms with Gasteiger partial charge in [0.25, 0.3) is 0 Å². The Labute approximate surface area is 100.0 Å². The van der Waals surface area contributed by atoms with Crippen LogP contribution in [0.15, 0.2) is 0 Å². The zero-order valence-electron chi connectivity index (χ0n) is 10.2. The van der Waals surface area contributed by atoms with Crippen LogP contribution in [0.3, 0.4) is 0 Å². The van der Waals surface area contributed by atoms with Crippen LogP contribution in [0.25, 0.3) is 0 Å². The first kappa shape index (κ1) is 15.2. The number of likely N-dealkylation sites (N-methyl/N-ethyl adjacent to an activating group) is 1. The molecule has 0 radical (unpaired) electrons. The number of hydrogen-bond acceptors (Lipinski definition) is 3. The molecule has 1 saturated heterocycles. The number of rotatable bonds is 6. The van der Waals surface area contributed by atoms with Gasteiger partial charge in [-0.25, -0.2) is 0 Å². The van der Waals surface area contributed by atoms with E-state index in [0.29, 0.717) is 6.10 Å². The predicted molar refractivity (Wildman–Crippen MR) is 66.9 cm³/mol. The fraction of sp³-hybridized carbons (Fsp3) is 1.00. The van der Waals surface area contributed by atoms with Crippen molar-refractivity contribution in [3.05, 3.63) is 0 Å². The molecular formula is C11H25ClN2O. The minimum Gasteiger partial charge on any atom is -0.377 e. The summed E-state index contributed by atoms with van der Waals surface area (Å²) in [6.45, 7) is 8.50. The van der Waals surface area contributed by atoms with E-state index >= 15 is 0 Å². The lowest BCUT2D eigenvalue weighted by Crippen LogP contribution is -2.38. The molecule has 0 saturated carbocycles. The smallest absolute Gasteiger partial charge is 0.0597 e. The van der Waals surface area contributed by atoms with E-state index in [9.17, 15) is 0 Å². The normalized spacial score (nSPS) is 22.0. The molecule has 1 aliphatic rings. The Kier molecular flexibility index (Phi) is 8.43. The van der Waals surface area contributed by atoms with Gasteiger partial charge in [0, 0.05) is 19.1 Å². The molecule has 1 atom stereocenters. The second kappa shape index (κ2) is 8.34. The van der Waals surface area contributed by atoms with Gasteiger partial charge in [-0.2, -0.15) is 0 Å². The molecule has 15 heavy (non-hydrogen) atoms. The average molecular weight is 237 g/mol. The lowest BCUT2D eigenvalue weighted by molar-refractivity contribution is 0.0565. The van der Waals surface area contributed by atoms with Gasteiger partial charge in [-0.3, -0.25) is 4.90 Å². The van der Waals surface area contributed by atoms with Crippen molar-refractivity contribution in [1.29, 1.82) is 0 Å². The summed E-state index contributed by atoms with van der Waals surface area (Å²) in [5, 5.41) is 3.26. The second-order valence-electron chi connectivity index (χ2n) is 4.31. The summed E-state index contributed by atoms with van der Waals surface area (Å²) < 4.78 is 5.57. The number of ether oxygens (including phenoxy) is 1. The molecule has 1 fully saturated rings. The largest absolute Gasteiger partial charge is 0.377 e. The Balaban J connectivity index is 0.00000196. The molecule has 0 amide bonds. The lowest BCUT2D eigenvalue weighted by Gasteiger charge is -2.24. The first-order chi connectivity index (χ1) is 6.74. The molecule has 4 heteroatoms. The van der Waals surface area contributed by atoms with Crippen LogP contribution < -0.4 is 5.32 Å². The van der Waals surface area contributed by atoms with Gasteiger partial charge in [-0.05, 0) is 40.3 Å². The molecule has 3 nitrogen and oxygen atoms in total. The van der Waals surface area contributed by atoms with Crippen LogP contribution in [0, 0.1) is 0 Å². The molecule has 1 heterocycles. The summed E-state index contributed by atoms with van der Waals surface area (Å²) in [6, 6.07) is 0.732. The number of hydrogen-bond donors (Lipinski definition) is 1. The lowest BCUT2D eigenvalue weighted by atomic mass is 10.2. The molecule has 0 aromatic rings. The summed E-state index contributed by atoms with van der Waals surface area (Å²) in [5.41, 5.74) is 0. The number of likely N-dealkylation sites (tertiary alicyclic amines) is 1. The topological polar surface area (TPSA) is 24.5 Å². The van der Waals surface area contributed by atoms with E-state index in [4.69, 9.17) is 4.74 Å². The summed E-state index contributed by atoms with van der Waals surface area (Å²) >= 11 is 0. The molecule has 1 aliphatic heterocycles. The molecule has 0 aliphatic carbocycles. The van der Waals surface area contributed by atoms with Crippen LogP contribution in [0.5, 0.6) is 0 Å². The van der Waals surface area contributed by atoms with Gasteiger partial charge in [-0.1, -0.05) is 0 Å². The molecule has 1 N–H and O–H groups in total. The first-order valence-corrected chi connectivity index (χ1v) is 5.74. The molecular weight excluding hydrogens is 212 g/mol. The van der Waals surface area contributed by atoms with Gasteiger partial charge < -0.3 is 10.1 Å². The van der Waals surface area contributed by atoms with Crippen molar-refractivity contribution >= 4 is 12.4 Å². The quantitative estimate of drug-likeness (QED) is 0.757. The van der Waals surface area contributed by atoms with Crippen LogP contribution in [-0.2, 0) is 4.74 Å². The van der Waals surface area contributed by atoms with E-state index in [2.05, 4.69) is 24.1 Å². The Bertz CT molecular complexity index is 156. The van der Waals surface area contributed by atoms with Gasteiger partial charge in [0.2, 0.25) is 0 Å². The van der Waals surface area contributed by atoms with Crippen LogP contribution in [0.2, 0.25) is 0 Å². The van der Waals surface area contributed by atoms with Gasteiger partial charge in [0.05, 0.1) is 12.7 Å². The van der Waals surface area contributed by atoms with Crippen LogP contribution >= 0.6 is 12.4 Å². The Morgan fingerprint density at radius 3 is 2.80 bits per heavy atom. The SMILES string of the molecule is CNCC1CCCN1CCOC(C)C.Cl. The van der Waals surface area contributed by atoms with Crippen molar-refractivity contribution in [3.63, 3.8) is 0 Å². The van der Waals surface area contributed by atoms with Crippen molar-refractivity contribution < 1.29 is 4.74 Å². The maximum Gasteiger partial charge on any atom is 0.0597 e. The zero-order chi connectivity index (χ0) is 10.4. The van der Waals surface area contributed by atoms with Crippen LogP contribution in [0.1, 0.15) is 26.7 Å². The highest BCUT2D eigenvalue weighted by Gasteiger charge is 2.22. The summed E-state index contributed by atoms with van der Waals surface area (Å²) in [7, 11) is 2.03. The molecule has 0 bridgehead atoms. The summed E-state index contributed by atoms with van der Waals surface area (Å²) in [6.07, 6.45) is 3.04. The fourth-order valence-corrected chi connectivity index (χ4v) is 2.06. The number of nitrogens with one attached hydrogen (secondary N) is 1. The van der Waals surface area contributed by atoms with E-state index < -0.39 is 0 Å². The Morgan fingerprint density at radius 2 is 2.20 bits per heavy atom. The minimum atomic E-state index is 0. The van der Waals surface area contributed by atoms with Crippen molar-refractivity contribution in [3.8, 4) is 0 Å². The molecule has 92 valence electrons. The number of nitrogens with zero attached hydrogens (tertiary/aromatic N) is 1. The van der Waals surface area contributed by atoms with Gasteiger partial charge in [0.1, 0.15) is 0 Å². The van der Waals surface area contributed by atoms with Crippen molar-refractivity contribution in [2.75, 3.05) is 33.3 Å². The molecule has 0 spiro atoms. The fourth-order valence-electron chi connectivity index (χ4n) is 2.06. The van der Waals surface area contributed by atoms with E-state index in [1.54, 1.807) is 0 Å². The molecule has 1 unspecified atom stereocenters. The third-order valence-electron chi connectivity index (χ3n) is 2.77.